The van der Waals surface area contributed by atoms with Crippen molar-refractivity contribution < 1.29 is 4.79 Å². The smallest absolute Gasteiger partial charge is 0.262 e. The molecule has 25 heavy (non-hydrogen) atoms. The summed E-state index contributed by atoms with van der Waals surface area (Å²) in [5, 5.41) is 0.604. The van der Waals surface area contributed by atoms with E-state index in [-0.39, 0.29) is 24.1 Å². The van der Waals surface area contributed by atoms with Crippen molar-refractivity contribution in [3.8, 4) is 0 Å². The molecule has 2 aromatic heterocycles. The molecule has 0 fully saturated rings. The van der Waals surface area contributed by atoms with Gasteiger partial charge in [-0.3, -0.25) is 14.2 Å². The van der Waals surface area contributed by atoms with Crippen LogP contribution in [-0.4, -0.2) is 21.5 Å². The van der Waals surface area contributed by atoms with Gasteiger partial charge in [0.2, 0.25) is 5.91 Å². The van der Waals surface area contributed by atoms with E-state index in [4.69, 9.17) is 0 Å². The number of hydrogen-bond acceptors (Lipinski definition) is 4. The number of aryl methyl sites for hydroxylation is 1. The highest BCUT2D eigenvalue weighted by Crippen LogP contribution is 2.32. The van der Waals surface area contributed by atoms with Gasteiger partial charge in [-0.2, -0.15) is 0 Å². The Morgan fingerprint density at radius 3 is 2.96 bits per heavy atom. The first-order chi connectivity index (χ1) is 12.1. The third-order valence-electron chi connectivity index (χ3n) is 4.70. The van der Waals surface area contributed by atoms with Crippen molar-refractivity contribution >= 4 is 33.1 Å². The van der Waals surface area contributed by atoms with Crippen LogP contribution in [0.5, 0.6) is 0 Å². The van der Waals surface area contributed by atoms with Crippen LogP contribution in [0, 0.1) is 0 Å². The number of aromatic nitrogens is 2. The molecule has 3 aromatic rings. The Bertz CT molecular complexity index is 1020. The normalized spacial score (nSPS) is 16.4. The molecule has 0 aliphatic carbocycles. The number of anilines is 1. The third kappa shape index (κ3) is 2.66. The van der Waals surface area contributed by atoms with E-state index in [1.165, 1.54) is 27.8 Å². The Hall–Kier alpha value is -2.47. The van der Waals surface area contributed by atoms with Gasteiger partial charge in [0.15, 0.2) is 0 Å². The van der Waals surface area contributed by atoms with E-state index in [2.05, 4.69) is 18.0 Å². The van der Waals surface area contributed by atoms with Crippen molar-refractivity contribution in [2.75, 3.05) is 4.90 Å². The van der Waals surface area contributed by atoms with Crippen LogP contribution in [0.15, 0.2) is 41.5 Å². The molecule has 5 nitrogen and oxygen atoms in total. The van der Waals surface area contributed by atoms with E-state index >= 15 is 0 Å². The molecule has 0 radical (unpaired) electrons. The molecular formula is C19H19N3O2S. The quantitative estimate of drug-likeness (QED) is 0.727. The van der Waals surface area contributed by atoms with Crippen molar-refractivity contribution in [3.63, 3.8) is 0 Å². The summed E-state index contributed by atoms with van der Waals surface area (Å²) in [6, 6.07) is 9.94. The topological polar surface area (TPSA) is 55.2 Å². The molecule has 0 saturated carbocycles. The summed E-state index contributed by atoms with van der Waals surface area (Å²) in [4.78, 5) is 33.6. The summed E-state index contributed by atoms with van der Waals surface area (Å²) in [6.45, 7) is 4.10. The summed E-state index contributed by atoms with van der Waals surface area (Å²) in [6.07, 6.45) is 3.21. The molecule has 0 saturated heterocycles. The zero-order chi connectivity index (χ0) is 17.6. The first-order valence-electron chi connectivity index (χ1n) is 8.46. The molecule has 0 N–H and O–H groups in total. The van der Waals surface area contributed by atoms with Crippen LogP contribution < -0.4 is 10.5 Å². The monoisotopic (exact) mass is 353 g/mol. The summed E-state index contributed by atoms with van der Waals surface area (Å²) < 4.78 is 1.42. The second-order valence-electron chi connectivity index (χ2n) is 6.41. The van der Waals surface area contributed by atoms with Gasteiger partial charge in [-0.15, -0.1) is 11.3 Å². The summed E-state index contributed by atoms with van der Waals surface area (Å²) in [5.41, 5.74) is 1.98. The van der Waals surface area contributed by atoms with Gasteiger partial charge in [-0.05, 0) is 37.5 Å². The predicted octanol–water partition coefficient (Wildman–Crippen LogP) is 3.00. The average Bonchev–Trinajstić information content (AvgIpc) is 3.17. The summed E-state index contributed by atoms with van der Waals surface area (Å²) in [5.74, 6) is -0.0772. The zero-order valence-corrected chi connectivity index (χ0v) is 15.0. The van der Waals surface area contributed by atoms with Gasteiger partial charge in [0.25, 0.3) is 5.56 Å². The van der Waals surface area contributed by atoms with Gasteiger partial charge in [-0.25, -0.2) is 4.98 Å². The highest BCUT2D eigenvalue weighted by atomic mass is 32.1. The molecular weight excluding hydrogens is 334 g/mol. The summed E-state index contributed by atoms with van der Waals surface area (Å²) >= 11 is 1.54. The molecule has 0 spiro atoms. The Morgan fingerprint density at radius 1 is 1.36 bits per heavy atom. The average molecular weight is 353 g/mol. The molecule has 128 valence electrons. The van der Waals surface area contributed by atoms with Crippen LogP contribution in [0.2, 0.25) is 0 Å². The first-order valence-corrected chi connectivity index (χ1v) is 9.28. The fraction of sp³-hybridized carbons (Fsp3) is 0.316. The van der Waals surface area contributed by atoms with Crippen molar-refractivity contribution in [1.29, 1.82) is 0 Å². The van der Waals surface area contributed by atoms with Crippen LogP contribution in [0.1, 0.15) is 24.3 Å². The van der Waals surface area contributed by atoms with Crippen LogP contribution in [0.4, 0.5) is 5.69 Å². The van der Waals surface area contributed by atoms with Crippen LogP contribution in [0.25, 0.3) is 10.2 Å². The van der Waals surface area contributed by atoms with E-state index in [1.54, 1.807) is 4.90 Å². The largest absolute Gasteiger partial charge is 0.307 e. The second-order valence-corrected chi connectivity index (χ2v) is 7.52. The minimum atomic E-state index is -0.144. The van der Waals surface area contributed by atoms with Gasteiger partial charge in [-0.1, -0.05) is 25.1 Å². The number of hydrogen-bond donors (Lipinski definition) is 0. The fourth-order valence-electron chi connectivity index (χ4n) is 3.46. The number of carbonyl (C=O) groups excluding carboxylic acids is 1. The van der Waals surface area contributed by atoms with Gasteiger partial charge < -0.3 is 4.90 Å². The minimum absolute atomic E-state index is 0.0117. The summed E-state index contributed by atoms with van der Waals surface area (Å²) in [7, 11) is 0. The lowest BCUT2D eigenvalue weighted by Gasteiger charge is -2.23. The number of benzene rings is 1. The maximum atomic E-state index is 12.9. The SMILES string of the molecule is CCc1cc2c(=O)n(CC(=O)N3c4ccccc4CC3C)cnc2s1. The van der Waals surface area contributed by atoms with Crippen LogP contribution >= 0.6 is 11.3 Å². The number of nitrogens with zero attached hydrogens (tertiary/aromatic N) is 3. The van der Waals surface area contributed by atoms with E-state index < -0.39 is 0 Å². The maximum absolute atomic E-state index is 12.9. The molecule has 1 aromatic carbocycles. The minimum Gasteiger partial charge on any atom is -0.307 e. The van der Waals surface area contributed by atoms with E-state index in [1.807, 2.05) is 31.2 Å². The number of thiophene rings is 1. The Balaban J connectivity index is 1.66. The van der Waals surface area contributed by atoms with Crippen molar-refractivity contribution in [2.45, 2.75) is 39.3 Å². The molecule has 1 aliphatic rings. The molecule has 4 rings (SSSR count). The molecule has 6 heteroatoms. The Morgan fingerprint density at radius 2 is 2.16 bits per heavy atom. The van der Waals surface area contributed by atoms with Crippen molar-refractivity contribution in [2.24, 2.45) is 0 Å². The highest BCUT2D eigenvalue weighted by Gasteiger charge is 2.30. The van der Waals surface area contributed by atoms with E-state index in [9.17, 15) is 9.59 Å². The molecule has 1 amide bonds. The number of amides is 1. The Kier molecular flexibility index (Phi) is 3.92. The lowest BCUT2D eigenvalue weighted by Crippen LogP contribution is -2.39. The first kappa shape index (κ1) is 16.0. The lowest BCUT2D eigenvalue weighted by atomic mass is 10.1. The number of carbonyl (C=O) groups is 1. The fourth-order valence-corrected chi connectivity index (χ4v) is 4.39. The highest BCUT2D eigenvalue weighted by molar-refractivity contribution is 7.18. The predicted molar refractivity (Wildman–Crippen MR) is 100 cm³/mol. The van der Waals surface area contributed by atoms with Gasteiger partial charge in [0.1, 0.15) is 11.4 Å². The maximum Gasteiger partial charge on any atom is 0.262 e. The van der Waals surface area contributed by atoms with Gasteiger partial charge in [0.05, 0.1) is 11.7 Å². The molecule has 3 heterocycles. The van der Waals surface area contributed by atoms with Gasteiger partial charge >= 0.3 is 0 Å². The van der Waals surface area contributed by atoms with Crippen molar-refractivity contribution in [1.82, 2.24) is 9.55 Å². The van der Waals surface area contributed by atoms with Crippen LogP contribution in [-0.2, 0) is 24.2 Å². The number of fused-ring (bicyclic) bond motifs is 2. The standard InChI is InChI=1S/C19H19N3O2S/c1-3-14-9-15-18(25-14)20-11-21(19(15)24)10-17(23)22-12(2)8-13-6-4-5-7-16(13)22/h4-7,9,11-12H,3,8,10H2,1-2H3. The number of para-hydroxylation sites is 1. The van der Waals surface area contributed by atoms with Gasteiger partial charge in [0, 0.05) is 16.6 Å². The molecule has 1 atom stereocenters. The van der Waals surface area contributed by atoms with Crippen LogP contribution in [0.3, 0.4) is 0 Å². The van der Waals surface area contributed by atoms with E-state index in [0.717, 1.165) is 28.2 Å². The van der Waals surface area contributed by atoms with Crippen molar-refractivity contribution in [3.05, 3.63) is 57.5 Å². The Labute approximate surface area is 149 Å². The second kappa shape index (κ2) is 6.11. The van der Waals surface area contributed by atoms with E-state index in [0.29, 0.717) is 5.39 Å². The lowest BCUT2D eigenvalue weighted by molar-refractivity contribution is -0.119. The molecule has 0 bridgehead atoms. The third-order valence-corrected chi connectivity index (χ3v) is 5.89. The molecule has 1 unspecified atom stereocenters. The zero-order valence-electron chi connectivity index (χ0n) is 14.2. The number of rotatable bonds is 3. The molecule has 1 aliphatic heterocycles.